The van der Waals surface area contributed by atoms with Crippen LogP contribution in [-0.2, 0) is 6.42 Å². The molecule has 0 saturated carbocycles. The molecule has 5 heteroatoms. The second-order valence-electron chi connectivity index (χ2n) is 4.24. The molecule has 1 heterocycles. The van der Waals surface area contributed by atoms with E-state index in [1.807, 2.05) is 30.5 Å². The van der Waals surface area contributed by atoms with Crippen molar-refractivity contribution >= 4 is 39.3 Å². The Kier molecular flexibility index (Phi) is 5.70. The van der Waals surface area contributed by atoms with Gasteiger partial charge >= 0.3 is 0 Å². The number of thioether (sulfide) groups is 1. The SMILES string of the molecule is NC(CSc1cccc(Cl)c1)Cc1cncc(Br)c1. The van der Waals surface area contributed by atoms with Crippen LogP contribution >= 0.6 is 39.3 Å². The van der Waals surface area contributed by atoms with Crippen LogP contribution in [0.25, 0.3) is 0 Å². The zero-order valence-electron chi connectivity index (χ0n) is 10.2. The minimum Gasteiger partial charge on any atom is -0.327 e. The molecule has 0 bridgehead atoms. The van der Waals surface area contributed by atoms with Crippen LogP contribution < -0.4 is 5.73 Å². The fraction of sp³-hybridized carbons (Fsp3) is 0.214. The molecule has 0 spiro atoms. The van der Waals surface area contributed by atoms with Gasteiger partial charge in [0.15, 0.2) is 0 Å². The van der Waals surface area contributed by atoms with Gasteiger partial charge in [-0.05, 0) is 52.2 Å². The Morgan fingerprint density at radius 1 is 1.32 bits per heavy atom. The van der Waals surface area contributed by atoms with Gasteiger partial charge in [-0.1, -0.05) is 17.7 Å². The Bertz CT molecular complexity index is 550. The van der Waals surface area contributed by atoms with Gasteiger partial charge in [0.25, 0.3) is 0 Å². The molecular formula is C14H14BrClN2S. The van der Waals surface area contributed by atoms with Crippen molar-refractivity contribution in [3.05, 3.63) is 57.8 Å². The summed E-state index contributed by atoms with van der Waals surface area (Å²) in [6.45, 7) is 0. The van der Waals surface area contributed by atoms with Gasteiger partial charge in [-0.2, -0.15) is 0 Å². The van der Waals surface area contributed by atoms with Crippen molar-refractivity contribution in [1.82, 2.24) is 4.98 Å². The molecule has 1 unspecified atom stereocenters. The van der Waals surface area contributed by atoms with Crippen LogP contribution in [0.2, 0.25) is 5.02 Å². The predicted octanol–water partition coefficient (Wildman–Crippen LogP) is 4.16. The second kappa shape index (κ2) is 7.29. The van der Waals surface area contributed by atoms with Crippen LogP contribution in [0.1, 0.15) is 5.56 Å². The molecule has 1 aromatic carbocycles. The molecular weight excluding hydrogens is 344 g/mol. The third kappa shape index (κ3) is 5.15. The third-order valence-corrected chi connectivity index (χ3v) is 4.37. The molecule has 1 atom stereocenters. The lowest BCUT2D eigenvalue weighted by Crippen LogP contribution is -2.25. The Hall–Kier alpha value is -0.550. The smallest absolute Gasteiger partial charge is 0.0417 e. The van der Waals surface area contributed by atoms with Crippen LogP contribution in [-0.4, -0.2) is 16.8 Å². The Morgan fingerprint density at radius 2 is 2.16 bits per heavy atom. The van der Waals surface area contributed by atoms with E-state index < -0.39 is 0 Å². The first-order valence-electron chi connectivity index (χ1n) is 5.87. The minimum absolute atomic E-state index is 0.0973. The highest BCUT2D eigenvalue weighted by molar-refractivity contribution is 9.10. The molecule has 2 nitrogen and oxygen atoms in total. The molecule has 0 saturated heterocycles. The summed E-state index contributed by atoms with van der Waals surface area (Å²) in [5.41, 5.74) is 7.29. The monoisotopic (exact) mass is 356 g/mol. The van der Waals surface area contributed by atoms with Gasteiger partial charge in [-0.3, -0.25) is 4.98 Å². The highest BCUT2D eigenvalue weighted by Crippen LogP contribution is 2.22. The molecule has 0 radical (unpaired) electrons. The van der Waals surface area contributed by atoms with E-state index in [1.54, 1.807) is 18.0 Å². The Balaban J connectivity index is 1.86. The number of hydrogen-bond acceptors (Lipinski definition) is 3. The van der Waals surface area contributed by atoms with Crippen molar-refractivity contribution in [2.75, 3.05) is 5.75 Å². The lowest BCUT2D eigenvalue weighted by molar-refractivity contribution is 0.745. The standard InChI is InChI=1S/C14H14BrClN2S/c15-11-4-10(7-18-8-11)5-13(17)9-19-14-3-1-2-12(16)6-14/h1-4,6-8,13H,5,9,17H2. The van der Waals surface area contributed by atoms with Gasteiger partial charge < -0.3 is 5.73 Å². The largest absolute Gasteiger partial charge is 0.327 e. The van der Waals surface area contributed by atoms with Crippen molar-refractivity contribution in [3.8, 4) is 0 Å². The summed E-state index contributed by atoms with van der Waals surface area (Å²) in [4.78, 5) is 5.29. The highest BCUT2D eigenvalue weighted by atomic mass is 79.9. The number of halogens is 2. The molecule has 2 aromatic rings. The van der Waals surface area contributed by atoms with E-state index >= 15 is 0 Å². The van der Waals surface area contributed by atoms with E-state index in [2.05, 4.69) is 27.0 Å². The number of rotatable bonds is 5. The molecule has 0 aliphatic carbocycles. The molecule has 2 rings (SSSR count). The topological polar surface area (TPSA) is 38.9 Å². The number of hydrogen-bond donors (Lipinski definition) is 1. The Morgan fingerprint density at radius 3 is 2.89 bits per heavy atom. The summed E-state index contributed by atoms with van der Waals surface area (Å²) < 4.78 is 0.986. The van der Waals surface area contributed by atoms with Gasteiger partial charge in [0.1, 0.15) is 0 Å². The number of pyridine rings is 1. The minimum atomic E-state index is 0.0973. The van der Waals surface area contributed by atoms with Gasteiger partial charge in [-0.25, -0.2) is 0 Å². The van der Waals surface area contributed by atoms with Crippen LogP contribution in [0.3, 0.4) is 0 Å². The van der Waals surface area contributed by atoms with Crippen LogP contribution in [0, 0.1) is 0 Å². The summed E-state index contributed by atoms with van der Waals surface area (Å²) in [6.07, 6.45) is 4.45. The first-order chi connectivity index (χ1) is 9.13. The first kappa shape index (κ1) is 14.9. The average molecular weight is 358 g/mol. The summed E-state index contributed by atoms with van der Waals surface area (Å²) in [6, 6.07) is 9.98. The summed E-state index contributed by atoms with van der Waals surface area (Å²) in [7, 11) is 0. The van der Waals surface area contributed by atoms with Gasteiger partial charge in [0.2, 0.25) is 0 Å². The molecule has 19 heavy (non-hydrogen) atoms. The maximum atomic E-state index is 6.14. The van der Waals surface area contributed by atoms with Crippen molar-refractivity contribution in [2.45, 2.75) is 17.4 Å². The Labute approximate surface area is 130 Å². The number of nitrogens with zero attached hydrogens (tertiary/aromatic N) is 1. The zero-order chi connectivity index (χ0) is 13.7. The van der Waals surface area contributed by atoms with E-state index in [0.717, 1.165) is 32.1 Å². The zero-order valence-corrected chi connectivity index (χ0v) is 13.4. The lowest BCUT2D eigenvalue weighted by Gasteiger charge is -2.11. The van der Waals surface area contributed by atoms with E-state index in [4.69, 9.17) is 17.3 Å². The summed E-state index contributed by atoms with van der Waals surface area (Å²) >= 11 is 11.1. The quantitative estimate of drug-likeness (QED) is 0.817. The van der Waals surface area contributed by atoms with E-state index in [-0.39, 0.29) is 6.04 Å². The van der Waals surface area contributed by atoms with E-state index in [9.17, 15) is 0 Å². The third-order valence-electron chi connectivity index (χ3n) is 2.52. The summed E-state index contributed by atoms with van der Waals surface area (Å²) in [5.74, 6) is 0.854. The molecule has 0 aliphatic heterocycles. The van der Waals surface area contributed by atoms with Crippen LogP contribution in [0.5, 0.6) is 0 Å². The second-order valence-corrected chi connectivity index (χ2v) is 6.69. The average Bonchev–Trinajstić information content (AvgIpc) is 2.36. The van der Waals surface area contributed by atoms with E-state index in [0.29, 0.717) is 0 Å². The number of benzene rings is 1. The van der Waals surface area contributed by atoms with Crippen molar-refractivity contribution in [3.63, 3.8) is 0 Å². The molecule has 0 fully saturated rings. The van der Waals surface area contributed by atoms with Crippen molar-refractivity contribution in [1.29, 1.82) is 0 Å². The molecule has 0 amide bonds. The lowest BCUT2D eigenvalue weighted by atomic mass is 10.1. The normalized spacial score (nSPS) is 12.4. The molecule has 100 valence electrons. The number of aromatic nitrogens is 1. The fourth-order valence-corrected chi connectivity index (χ4v) is 3.27. The highest BCUT2D eigenvalue weighted by Gasteiger charge is 2.06. The predicted molar refractivity (Wildman–Crippen MR) is 85.8 cm³/mol. The van der Waals surface area contributed by atoms with Crippen LogP contribution in [0.15, 0.2) is 52.1 Å². The van der Waals surface area contributed by atoms with Crippen LogP contribution in [0.4, 0.5) is 0 Å². The summed E-state index contributed by atoms with van der Waals surface area (Å²) in [5, 5.41) is 0.759. The maximum Gasteiger partial charge on any atom is 0.0417 e. The van der Waals surface area contributed by atoms with E-state index in [1.165, 1.54) is 0 Å². The van der Waals surface area contributed by atoms with Gasteiger partial charge in [0, 0.05) is 38.6 Å². The van der Waals surface area contributed by atoms with Gasteiger partial charge in [0.05, 0.1) is 0 Å². The maximum absolute atomic E-state index is 6.14. The molecule has 1 aromatic heterocycles. The first-order valence-corrected chi connectivity index (χ1v) is 8.02. The van der Waals surface area contributed by atoms with Crippen molar-refractivity contribution in [2.24, 2.45) is 5.73 Å². The van der Waals surface area contributed by atoms with Crippen molar-refractivity contribution < 1.29 is 0 Å². The van der Waals surface area contributed by atoms with Gasteiger partial charge in [-0.15, -0.1) is 11.8 Å². The number of nitrogens with two attached hydrogens (primary N) is 1. The molecule has 2 N–H and O–H groups in total. The molecule has 0 aliphatic rings. The fourth-order valence-electron chi connectivity index (χ4n) is 1.69.